The van der Waals surface area contributed by atoms with Crippen molar-refractivity contribution in [2.24, 2.45) is 11.8 Å². The predicted molar refractivity (Wildman–Crippen MR) is 83.5 cm³/mol. The van der Waals surface area contributed by atoms with E-state index in [4.69, 9.17) is 0 Å². The van der Waals surface area contributed by atoms with Crippen molar-refractivity contribution in [2.75, 3.05) is 7.05 Å². The van der Waals surface area contributed by atoms with Crippen LogP contribution in [0.3, 0.4) is 0 Å². The van der Waals surface area contributed by atoms with E-state index in [9.17, 15) is 0 Å². The first-order valence-corrected chi connectivity index (χ1v) is 7.94. The van der Waals surface area contributed by atoms with Crippen LogP contribution >= 0.6 is 0 Å². The molecule has 19 heavy (non-hydrogen) atoms. The SMILES string of the molecule is CCC(C)c1ccc(C(NC)C2CCCC2C)cc1. The van der Waals surface area contributed by atoms with Crippen LogP contribution in [0.15, 0.2) is 24.3 Å². The van der Waals surface area contributed by atoms with E-state index in [2.05, 4.69) is 57.4 Å². The molecule has 0 radical (unpaired) electrons. The van der Waals surface area contributed by atoms with Crippen molar-refractivity contribution < 1.29 is 0 Å². The van der Waals surface area contributed by atoms with Gasteiger partial charge >= 0.3 is 0 Å². The minimum Gasteiger partial charge on any atom is -0.313 e. The maximum Gasteiger partial charge on any atom is 0.0348 e. The van der Waals surface area contributed by atoms with E-state index >= 15 is 0 Å². The Balaban J connectivity index is 2.15. The molecule has 0 amide bonds. The zero-order chi connectivity index (χ0) is 13.8. The highest BCUT2D eigenvalue weighted by Crippen LogP contribution is 2.40. The summed E-state index contributed by atoms with van der Waals surface area (Å²) >= 11 is 0. The minimum atomic E-state index is 0.531. The van der Waals surface area contributed by atoms with Gasteiger partial charge in [-0.25, -0.2) is 0 Å². The molecule has 0 aromatic heterocycles. The van der Waals surface area contributed by atoms with E-state index in [1.807, 2.05) is 0 Å². The molecule has 1 aromatic rings. The van der Waals surface area contributed by atoms with Gasteiger partial charge < -0.3 is 5.32 Å². The van der Waals surface area contributed by atoms with E-state index in [0.717, 1.165) is 11.8 Å². The van der Waals surface area contributed by atoms with Crippen molar-refractivity contribution >= 4 is 0 Å². The predicted octanol–water partition coefficient (Wildman–Crippen LogP) is 4.90. The number of benzene rings is 1. The third-order valence-electron chi connectivity index (χ3n) is 5.14. The smallest absolute Gasteiger partial charge is 0.0348 e. The molecule has 0 heterocycles. The minimum absolute atomic E-state index is 0.531. The summed E-state index contributed by atoms with van der Waals surface area (Å²) in [6.45, 7) is 6.98. The molecule has 1 N–H and O–H groups in total. The van der Waals surface area contributed by atoms with Crippen molar-refractivity contribution in [3.8, 4) is 0 Å². The topological polar surface area (TPSA) is 12.0 Å². The number of nitrogens with one attached hydrogen (secondary N) is 1. The van der Waals surface area contributed by atoms with Crippen LogP contribution in [0.5, 0.6) is 0 Å². The molecular weight excluding hydrogens is 230 g/mol. The van der Waals surface area contributed by atoms with Gasteiger partial charge in [0.15, 0.2) is 0 Å². The Hall–Kier alpha value is -0.820. The van der Waals surface area contributed by atoms with E-state index in [0.29, 0.717) is 12.0 Å². The van der Waals surface area contributed by atoms with Gasteiger partial charge in [-0.2, -0.15) is 0 Å². The van der Waals surface area contributed by atoms with Crippen LogP contribution in [-0.4, -0.2) is 7.05 Å². The molecule has 4 atom stereocenters. The van der Waals surface area contributed by atoms with E-state index < -0.39 is 0 Å². The maximum absolute atomic E-state index is 3.55. The standard InChI is InChI=1S/C18H29N/c1-5-13(2)15-9-11-16(12-10-15)18(19-4)17-8-6-7-14(17)3/h9-14,17-19H,5-8H2,1-4H3. The average Bonchev–Trinajstić information content (AvgIpc) is 2.86. The summed E-state index contributed by atoms with van der Waals surface area (Å²) < 4.78 is 0. The molecule has 1 heteroatoms. The first-order valence-electron chi connectivity index (χ1n) is 7.94. The third kappa shape index (κ3) is 3.20. The largest absolute Gasteiger partial charge is 0.313 e. The maximum atomic E-state index is 3.55. The summed E-state index contributed by atoms with van der Waals surface area (Å²) in [6.07, 6.45) is 5.39. The lowest BCUT2D eigenvalue weighted by atomic mass is 9.85. The number of hydrogen-bond acceptors (Lipinski definition) is 1. The van der Waals surface area contributed by atoms with Gasteiger partial charge in [-0.3, -0.25) is 0 Å². The van der Waals surface area contributed by atoms with Crippen LogP contribution < -0.4 is 5.32 Å². The highest BCUT2D eigenvalue weighted by molar-refractivity contribution is 5.27. The van der Waals surface area contributed by atoms with Crippen molar-refractivity contribution in [1.29, 1.82) is 0 Å². The lowest BCUT2D eigenvalue weighted by Gasteiger charge is -2.27. The molecule has 1 aromatic carbocycles. The Bertz CT molecular complexity index is 381. The monoisotopic (exact) mass is 259 g/mol. The van der Waals surface area contributed by atoms with E-state index in [-0.39, 0.29) is 0 Å². The van der Waals surface area contributed by atoms with Crippen LogP contribution in [0.25, 0.3) is 0 Å². The second-order valence-electron chi connectivity index (χ2n) is 6.31. The summed E-state index contributed by atoms with van der Waals surface area (Å²) in [5.74, 6) is 2.33. The molecule has 4 unspecified atom stereocenters. The van der Waals surface area contributed by atoms with Crippen molar-refractivity contribution in [1.82, 2.24) is 5.32 Å². The third-order valence-corrected chi connectivity index (χ3v) is 5.14. The lowest BCUT2D eigenvalue weighted by Crippen LogP contribution is -2.26. The molecule has 1 aliphatic rings. The molecule has 106 valence electrons. The van der Waals surface area contributed by atoms with Gasteiger partial charge in [-0.1, -0.05) is 57.9 Å². The van der Waals surface area contributed by atoms with Crippen molar-refractivity contribution in [3.63, 3.8) is 0 Å². The van der Waals surface area contributed by atoms with Crippen LogP contribution in [0.4, 0.5) is 0 Å². The molecule has 1 nitrogen and oxygen atoms in total. The molecule has 0 bridgehead atoms. The zero-order valence-electron chi connectivity index (χ0n) is 12.9. The summed E-state index contributed by atoms with van der Waals surface area (Å²) in [6, 6.07) is 9.87. The number of hydrogen-bond donors (Lipinski definition) is 1. The Kier molecular flexibility index (Phi) is 5.04. The van der Waals surface area contributed by atoms with Crippen LogP contribution in [-0.2, 0) is 0 Å². The molecule has 1 aliphatic carbocycles. The van der Waals surface area contributed by atoms with Crippen molar-refractivity contribution in [3.05, 3.63) is 35.4 Å². The summed E-state index contributed by atoms with van der Waals surface area (Å²) in [5, 5.41) is 3.55. The molecular formula is C18H29N. The second kappa shape index (κ2) is 6.56. The quantitative estimate of drug-likeness (QED) is 0.793. The number of rotatable bonds is 5. The van der Waals surface area contributed by atoms with Gasteiger partial charge in [-0.05, 0) is 48.8 Å². The van der Waals surface area contributed by atoms with Gasteiger partial charge in [0.2, 0.25) is 0 Å². The fourth-order valence-corrected chi connectivity index (χ4v) is 3.56. The highest BCUT2D eigenvalue weighted by Gasteiger charge is 2.30. The van der Waals surface area contributed by atoms with Gasteiger partial charge in [0.05, 0.1) is 0 Å². The first kappa shape index (κ1) is 14.6. The van der Waals surface area contributed by atoms with Crippen molar-refractivity contribution in [2.45, 2.75) is 58.4 Å². The van der Waals surface area contributed by atoms with Gasteiger partial charge in [-0.15, -0.1) is 0 Å². The molecule has 0 saturated heterocycles. The lowest BCUT2D eigenvalue weighted by molar-refractivity contribution is 0.315. The van der Waals surface area contributed by atoms with E-state index in [1.165, 1.54) is 36.8 Å². The average molecular weight is 259 g/mol. The Morgan fingerprint density at radius 3 is 2.26 bits per heavy atom. The van der Waals surface area contributed by atoms with E-state index in [1.54, 1.807) is 0 Å². The second-order valence-corrected chi connectivity index (χ2v) is 6.31. The molecule has 0 spiro atoms. The normalized spacial score (nSPS) is 26.3. The Morgan fingerprint density at radius 1 is 1.16 bits per heavy atom. The summed E-state index contributed by atoms with van der Waals surface area (Å²) in [7, 11) is 2.11. The molecule has 1 saturated carbocycles. The molecule has 1 fully saturated rings. The van der Waals surface area contributed by atoms with Gasteiger partial charge in [0, 0.05) is 6.04 Å². The Morgan fingerprint density at radius 2 is 1.79 bits per heavy atom. The van der Waals surface area contributed by atoms with Gasteiger partial charge in [0.25, 0.3) is 0 Å². The fourth-order valence-electron chi connectivity index (χ4n) is 3.56. The summed E-state index contributed by atoms with van der Waals surface area (Å²) in [4.78, 5) is 0. The highest BCUT2D eigenvalue weighted by atomic mass is 14.9. The van der Waals surface area contributed by atoms with Crippen LogP contribution in [0.2, 0.25) is 0 Å². The molecule has 2 rings (SSSR count). The van der Waals surface area contributed by atoms with Crippen LogP contribution in [0, 0.1) is 11.8 Å². The fraction of sp³-hybridized carbons (Fsp3) is 0.667. The van der Waals surface area contributed by atoms with Gasteiger partial charge in [0.1, 0.15) is 0 Å². The Labute approximate surface area is 118 Å². The molecule has 0 aliphatic heterocycles. The summed E-state index contributed by atoms with van der Waals surface area (Å²) in [5.41, 5.74) is 2.94. The zero-order valence-corrected chi connectivity index (χ0v) is 12.9. The van der Waals surface area contributed by atoms with Crippen LogP contribution in [0.1, 0.15) is 69.5 Å². The first-order chi connectivity index (χ1) is 9.17.